The summed E-state index contributed by atoms with van der Waals surface area (Å²) in [5.41, 5.74) is 1.73. The molecule has 28 heavy (non-hydrogen) atoms. The van der Waals surface area contributed by atoms with Gasteiger partial charge in [0.15, 0.2) is 0 Å². The summed E-state index contributed by atoms with van der Waals surface area (Å²) in [5, 5.41) is 3.93. The molecule has 6 rings (SSSR count). The molecule has 3 atom stereocenters. The van der Waals surface area contributed by atoms with E-state index in [0.29, 0.717) is 35.0 Å². The van der Waals surface area contributed by atoms with E-state index in [1.807, 2.05) is 4.90 Å². The fourth-order valence-electron chi connectivity index (χ4n) is 5.67. The van der Waals surface area contributed by atoms with Crippen molar-refractivity contribution < 1.29 is 18.1 Å². The quantitative estimate of drug-likeness (QED) is 0.794. The summed E-state index contributed by atoms with van der Waals surface area (Å²) >= 11 is 0. The summed E-state index contributed by atoms with van der Waals surface area (Å²) in [6, 6.07) is 3.88. The third kappa shape index (κ3) is 2.59. The second-order valence-electron chi connectivity index (χ2n) is 8.32. The van der Waals surface area contributed by atoms with E-state index in [9.17, 15) is 13.6 Å². The molecule has 4 aliphatic rings. The van der Waals surface area contributed by atoms with Gasteiger partial charge in [-0.05, 0) is 63.4 Å². The zero-order chi connectivity index (χ0) is 19.6. The lowest BCUT2D eigenvalue weighted by atomic mass is 9.75. The number of carbonyl (C=O) groups is 1. The van der Waals surface area contributed by atoms with Crippen LogP contribution in [0.5, 0.6) is 0 Å². The summed E-state index contributed by atoms with van der Waals surface area (Å²) in [6.45, 7) is 5.93. The average molecular weight is 387 g/mol. The van der Waals surface area contributed by atoms with Crippen molar-refractivity contribution in [3.63, 3.8) is 0 Å². The Labute approximate surface area is 162 Å². The Morgan fingerprint density at radius 1 is 1.11 bits per heavy atom. The SMILES string of the molecule is Cc1noc(C)c1C(=O)N1C[C@H](c2cc(F)cc(F)c2)[C@H]2[C@@H]1C1CCN2CC1. The van der Waals surface area contributed by atoms with Crippen LogP contribution in [0.2, 0.25) is 0 Å². The van der Waals surface area contributed by atoms with Crippen LogP contribution in [0.1, 0.15) is 46.1 Å². The van der Waals surface area contributed by atoms with Gasteiger partial charge < -0.3 is 9.42 Å². The Morgan fingerprint density at radius 2 is 1.79 bits per heavy atom. The lowest BCUT2D eigenvalue weighted by Crippen LogP contribution is -2.60. The zero-order valence-corrected chi connectivity index (χ0v) is 16.0. The summed E-state index contributed by atoms with van der Waals surface area (Å²) in [4.78, 5) is 17.8. The van der Waals surface area contributed by atoms with Gasteiger partial charge >= 0.3 is 0 Å². The molecule has 7 heteroatoms. The number of rotatable bonds is 2. The van der Waals surface area contributed by atoms with Crippen molar-refractivity contribution in [2.75, 3.05) is 19.6 Å². The second kappa shape index (κ2) is 6.37. The largest absolute Gasteiger partial charge is 0.361 e. The number of likely N-dealkylation sites (tertiary alicyclic amines) is 1. The molecule has 1 aromatic carbocycles. The number of fused-ring (bicyclic) bond motifs is 2. The van der Waals surface area contributed by atoms with E-state index in [4.69, 9.17) is 4.52 Å². The molecule has 0 aliphatic carbocycles. The predicted octanol–water partition coefficient (Wildman–Crippen LogP) is 3.27. The highest BCUT2D eigenvalue weighted by atomic mass is 19.1. The molecule has 0 N–H and O–H groups in total. The minimum atomic E-state index is -0.571. The third-order valence-corrected chi connectivity index (χ3v) is 6.82. The van der Waals surface area contributed by atoms with Crippen molar-refractivity contribution in [3.05, 3.63) is 52.4 Å². The first-order chi connectivity index (χ1) is 13.4. The van der Waals surface area contributed by atoms with Gasteiger partial charge in [0.05, 0.1) is 11.7 Å². The maximum Gasteiger partial charge on any atom is 0.259 e. The number of hydrogen-bond acceptors (Lipinski definition) is 4. The predicted molar refractivity (Wildman–Crippen MR) is 98.0 cm³/mol. The van der Waals surface area contributed by atoms with Gasteiger partial charge in [-0.3, -0.25) is 9.69 Å². The molecule has 2 bridgehead atoms. The van der Waals surface area contributed by atoms with Crippen LogP contribution in [-0.4, -0.2) is 52.6 Å². The molecule has 148 valence electrons. The molecule has 4 fully saturated rings. The van der Waals surface area contributed by atoms with Crippen LogP contribution in [0.4, 0.5) is 8.78 Å². The Hall–Kier alpha value is -2.28. The molecule has 5 nitrogen and oxygen atoms in total. The molecular weight excluding hydrogens is 364 g/mol. The Morgan fingerprint density at radius 3 is 2.39 bits per heavy atom. The maximum atomic E-state index is 13.9. The number of carbonyl (C=O) groups excluding carboxylic acids is 1. The summed E-state index contributed by atoms with van der Waals surface area (Å²) < 4.78 is 33.1. The first kappa shape index (κ1) is 17.8. The summed E-state index contributed by atoms with van der Waals surface area (Å²) in [6.07, 6.45) is 2.10. The Kier molecular flexibility index (Phi) is 4.05. The summed E-state index contributed by atoms with van der Waals surface area (Å²) in [5.74, 6) is -0.401. The Bertz CT molecular complexity index is 896. The number of halogens is 2. The third-order valence-electron chi connectivity index (χ3n) is 6.82. The van der Waals surface area contributed by atoms with E-state index in [0.717, 1.165) is 32.0 Å². The van der Waals surface area contributed by atoms with Crippen LogP contribution in [-0.2, 0) is 0 Å². The highest BCUT2D eigenvalue weighted by molar-refractivity contribution is 5.96. The minimum absolute atomic E-state index is 0.0556. The van der Waals surface area contributed by atoms with Gasteiger partial charge in [0.1, 0.15) is 23.0 Å². The lowest BCUT2D eigenvalue weighted by Gasteiger charge is -2.51. The molecule has 2 aromatic rings. The number of hydrogen-bond donors (Lipinski definition) is 0. The van der Waals surface area contributed by atoms with E-state index in [1.54, 1.807) is 13.8 Å². The molecule has 5 heterocycles. The molecule has 1 amide bonds. The molecule has 0 spiro atoms. The smallest absolute Gasteiger partial charge is 0.259 e. The Balaban J connectivity index is 1.57. The van der Waals surface area contributed by atoms with Gasteiger partial charge in [-0.15, -0.1) is 0 Å². The molecule has 0 radical (unpaired) electrons. The van der Waals surface area contributed by atoms with Crippen molar-refractivity contribution in [2.24, 2.45) is 5.92 Å². The highest BCUT2D eigenvalue weighted by Crippen LogP contribution is 2.47. The van der Waals surface area contributed by atoms with Crippen LogP contribution in [0.15, 0.2) is 22.7 Å². The van der Waals surface area contributed by atoms with Crippen molar-refractivity contribution in [1.29, 1.82) is 0 Å². The van der Waals surface area contributed by atoms with Crippen LogP contribution < -0.4 is 0 Å². The molecule has 4 aliphatic heterocycles. The van der Waals surface area contributed by atoms with E-state index in [2.05, 4.69) is 10.1 Å². The lowest BCUT2D eigenvalue weighted by molar-refractivity contribution is -0.00350. The number of nitrogens with zero attached hydrogens (tertiary/aromatic N) is 3. The highest BCUT2D eigenvalue weighted by Gasteiger charge is 2.55. The fraction of sp³-hybridized carbons (Fsp3) is 0.524. The molecule has 0 saturated carbocycles. The number of benzene rings is 1. The van der Waals surface area contributed by atoms with Crippen molar-refractivity contribution >= 4 is 5.91 Å². The van der Waals surface area contributed by atoms with Gasteiger partial charge in [-0.2, -0.15) is 0 Å². The van der Waals surface area contributed by atoms with Crippen LogP contribution >= 0.6 is 0 Å². The van der Waals surface area contributed by atoms with Crippen LogP contribution in [0.3, 0.4) is 0 Å². The molecular formula is C21H23F2N3O2. The molecule has 1 aromatic heterocycles. The van der Waals surface area contributed by atoms with Gasteiger partial charge in [-0.25, -0.2) is 8.78 Å². The first-order valence-electron chi connectivity index (χ1n) is 9.88. The van der Waals surface area contributed by atoms with Crippen molar-refractivity contribution in [3.8, 4) is 0 Å². The zero-order valence-electron chi connectivity index (χ0n) is 16.0. The van der Waals surface area contributed by atoms with E-state index >= 15 is 0 Å². The minimum Gasteiger partial charge on any atom is -0.361 e. The standard InChI is InChI=1S/C21H23F2N3O2/c1-11-18(12(2)28-24-11)21(27)26-10-17(14-7-15(22)9-16(23)8-14)20-19(26)13-3-5-25(20)6-4-13/h7-9,13,17,19-20H,3-6,10H2,1-2H3/t17-,19+,20+/m1/s1. The van der Waals surface area contributed by atoms with Crippen molar-refractivity contribution in [1.82, 2.24) is 15.0 Å². The number of amides is 1. The number of aryl methyl sites for hydroxylation is 2. The van der Waals surface area contributed by atoms with Crippen LogP contribution in [0, 0.1) is 31.4 Å². The number of piperidine rings is 3. The monoisotopic (exact) mass is 387 g/mol. The second-order valence-corrected chi connectivity index (χ2v) is 8.32. The molecule has 4 saturated heterocycles. The summed E-state index contributed by atoms with van der Waals surface area (Å²) in [7, 11) is 0. The van der Waals surface area contributed by atoms with E-state index in [1.165, 1.54) is 12.1 Å². The fourth-order valence-corrected chi connectivity index (χ4v) is 5.67. The van der Waals surface area contributed by atoms with E-state index < -0.39 is 11.6 Å². The topological polar surface area (TPSA) is 49.6 Å². The average Bonchev–Trinajstić information content (AvgIpc) is 3.24. The van der Waals surface area contributed by atoms with Gasteiger partial charge in [-0.1, -0.05) is 5.16 Å². The van der Waals surface area contributed by atoms with E-state index in [-0.39, 0.29) is 23.9 Å². The maximum absolute atomic E-state index is 13.9. The number of aromatic nitrogens is 1. The molecule has 0 unspecified atom stereocenters. The normalized spacial score (nSPS) is 31.3. The van der Waals surface area contributed by atoms with Gasteiger partial charge in [0.25, 0.3) is 5.91 Å². The van der Waals surface area contributed by atoms with Crippen molar-refractivity contribution in [2.45, 2.75) is 44.7 Å². The van der Waals surface area contributed by atoms with Crippen LogP contribution in [0.25, 0.3) is 0 Å². The van der Waals surface area contributed by atoms with Gasteiger partial charge in [0, 0.05) is 24.6 Å². The van der Waals surface area contributed by atoms with Gasteiger partial charge in [0.2, 0.25) is 0 Å². The first-order valence-corrected chi connectivity index (χ1v) is 9.88.